The minimum Gasteiger partial charge on any atom is -0.308 e. The predicted octanol–water partition coefficient (Wildman–Crippen LogP) is 5.04. The lowest BCUT2D eigenvalue weighted by Crippen LogP contribution is -2.35. The zero-order valence-corrected chi connectivity index (χ0v) is 17.4. The summed E-state index contributed by atoms with van der Waals surface area (Å²) >= 11 is 0. The van der Waals surface area contributed by atoms with Gasteiger partial charge < -0.3 is 5.32 Å². The Hall–Kier alpha value is -4.21. The lowest BCUT2D eigenvalue weighted by Gasteiger charge is -2.09. The van der Waals surface area contributed by atoms with Crippen LogP contribution in [0.15, 0.2) is 77.6 Å². The first-order valence-electron chi connectivity index (χ1n) is 9.90. The van der Waals surface area contributed by atoms with E-state index in [1.165, 1.54) is 23.0 Å². The van der Waals surface area contributed by atoms with Crippen molar-refractivity contribution in [2.75, 3.05) is 10.6 Å². The topological polar surface area (TPSA) is 83.9 Å². The number of halogens is 3. The van der Waals surface area contributed by atoms with Crippen LogP contribution in [0.2, 0.25) is 0 Å². The molecule has 0 aliphatic heterocycles. The number of hydrogen-bond donors (Lipinski definition) is 2. The van der Waals surface area contributed by atoms with Crippen molar-refractivity contribution in [2.24, 2.45) is 0 Å². The van der Waals surface area contributed by atoms with Gasteiger partial charge >= 0.3 is 18.1 Å². The number of anilines is 2. The third-order valence-electron chi connectivity index (χ3n) is 4.72. The first kappa shape index (κ1) is 22.0. The van der Waals surface area contributed by atoms with Crippen LogP contribution in [-0.4, -0.2) is 16.3 Å². The second-order valence-electron chi connectivity index (χ2n) is 7.30. The fourth-order valence-electron chi connectivity index (χ4n) is 3.17. The monoisotopic (exact) mass is 454 g/mol. The third-order valence-corrected chi connectivity index (χ3v) is 4.72. The van der Waals surface area contributed by atoms with Gasteiger partial charge in [-0.1, -0.05) is 30.3 Å². The van der Waals surface area contributed by atoms with Gasteiger partial charge in [0.15, 0.2) is 0 Å². The van der Waals surface area contributed by atoms with E-state index in [1.807, 2.05) is 43.3 Å². The quantitative estimate of drug-likeness (QED) is 0.414. The summed E-state index contributed by atoms with van der Waals surface area (Å²) < 4.78 is 45.0. The number of pyridine rings is 1. The number of rotatable bonds is 5. The molecule has 0 aliphatic carbocycles. The molecule has 0 saturated heterocycles. The first-order chi connectivity index (χ1) is 15.8. The van der Waals surface area contributed by atoms with Crippen molar-refractivity contribution < 1.29 is 27.2 Å². The van der Waals surface area contributed by atoms with Crippen molar-refractivity contribution in [1.82, 2.24) is 10.3 Å². The molecule has 168 valence electrons. The van der Waals surface area contributed by atoms with E-state index in [1.54, 1.807) is 6.20 Å². The number of carbonyl (C=O) groups is 1. The Labute approximate surface area is 186 Å². The van der Waals surface area contributed by atoms with E-state index in [-0.39, 0.29) is 11.6 Å². The number of urea groups is 1. The maximum absolute atomic E-state index is 12.8. The van der Waals surface area contributed by atoms with Crippen molar-refractivity contribution in [3.8, 4) is 11.1 Å². The number of nitrogens with one attached hydrogen (secondary N) is 2. The van der Waals surface area contributed by atoms with Gasteiger partial charge in [-0.2, -0.15) is 13.2 Å². The molecule has 2 aromatic carbocycles. The fourth-order valence-corrected chi connectivity index (χ4v) is 3.17. The molecule has 2 heterocycles. The summed E-state index contributed by atoms with van der Waals surface area (Å²) in [5.41, 5.74) is 3.17. The highest BCUT2D eigenvalue weighted by Gasteiger charge is 2.30. The molecule has 0 radical (unpaired) electrons. The van der Waals surface area contributed by atoms with Crippen molar-refractivity contribution in [2.45, 2.75) is 19.6 Å². The standard InChI is InChI=1S/C23H18F3N5O2/c1-15-11-18(9-10-27-15)17-7-5-16(6-8-17)13-31-14-21(33-30-31)29-22(32)28-20-4-2-3-19(12-20)23(24,25)26/h2-12,14H,13H2,1H3,(H-,28,29,30,32)/p+1. The maximum Gasteiger partial charge on any atom is 0.416 e. The number of aromatic nitrogens is 3. The molecule has 10 heteroatoms. The minimum atomic E-state index is -4.50. The van der Waals surface area contributed by atoms with Crippen LogP contribution in [-0.2, 0) is 12.7 Å². The summed E-state index contributed by atoms with van der Waals surface area (Å²) in [4.78, 5) is 16.3. The second-order valence-corrected chi connectivity index (χ2v) is 7.30. The predicted molar refractivity (Wildman–Crippen MR) is 114 cm³/mol. The normalized spacial score (nSPS) is 11.3. The fraction of sp³-hybridized carbons (Fsp3) is 0.130. The molecule has 0 aliphatic rings. The number of aryl methyl sites for hydroxylation is 1. The molecule has 33 heavy (non-hydrogen) atoms. The van der Waals surface area contributed by atoms with Crippen LogP contribution >= 0.6 is 0 Å². The zero-order valence-electron chi connectivity index (χ0n) is 17.4. The third kappa shape index (κ3) is 5.73. The van der Waals surface area contributed by atoms with E-state index >= 15 is 0 Å². The Morgan fingerprint density at radius 1 is 1.03 bits per heavy atom. The number of nitrogens with zero attached hydrogens (tertiary/aromatic N) is 3. The highest BCUT2D eigenvalue weighted by atomic mass is 19.4. The van der Waals surface area contributed by atoms with Gasteiger partial charge in [0.1, 0.15) is 0 Å². The van der Waals surface area contributed by atoms with E-state index in [4.69, 9.17) is 4.52 Å². The van der Waals surface area contributed by atoms with Gasteiger partial charge in [0.25, 0.3) is 6.20 Å². The molecule has 2 aromatic heterocycles. The molecule has 4 rings (SSSR count). The smallest absolute Gasteiger partial charge is 0.308 e. The Bertz CT molecular complexity index is 1270. The lowest BCUT2D eigenvalue weighted by atomic mass is 10.0. The van der Waals surface area contributed by atoms with E-state index in [9.17, 15) is 18.0 Å². The molecule has 0 saturated carbocycles. The Morgan fingerprint density at radius 2 is 1.82 bits per heavy atom. The van der Waals surface area contributed by atoms with Gasteiger partial charge in [-0.25, -0.2) is 4.79 Å². The number of carbonyl (C=O) groups excluding carboxylic acids is 1. The van der Waals surface area contributed by atoms with Gasteiger partial charge in [-0.05, 0) is 53.1 Å². The Morgan fingerprint density at radius 3 is 2.55 bits per heavy atom. The summed E-state index contributed by atoms with van der Waals surface area (Å²) in [6.07, 6.45) is -1.26. The van der Waals surface area contributed by atoms with E-state index in [2.05, 4.69) is 20.9 Å². The van der Waals surface area contributed by atoms with Crippen molar-refractivity contribution in [3.05, 3.63) is 89.9 Å². The van der Waals surface area contributed by atoms with Crippen molar-refractivity contribution >= 4 is 17.6 Å². The lowest BCUT2D eigenvalue weighted by molar-refractivity contribution is -0.754. The molecule has 0 bridgehead atoms. The van der Waals surface area contributed by atoms with Gasteiger partial charge in [-0.15, -0.1) is 0 Å². The molecule has 4 aromatic rings. The highest BCUT2D eigenvalue weighted by molar-refractivity contribution is 5.98. The van der Waals surface area contributed by atoms with Crippen LogP contribution in [0.1, 0.15) is 16.8 Å². The van der Waals surface area contributed by atoms with Gasteiger partial charge in [0, 0.05) is 23.1 Å². The molecule has 0 unspecified atom stereocenters. The first-order valence-corrected chi connectivity index (χ1v) is 9.90. The molecule has 2 N–H and O–H groups in total. The van der Waals surface area contributed by atoms with Crippen LogP contribution in [0.5, 0.6) is 0 Å². The molecule has 0 spiro atoms. The summed E-state index contributed by atoms with van der Waals surface area (Å²) in [5.74, 6) is 0.0448. The Balaban J connectivity index is 1.36. The highest BCUT2D eigenvalue weighted by Crippen LogP contribution is 2.30. The van der Waals surface area contributed by atoms with Crippen molar-refractivity contribution in [3.63, 3.8) is 0 Å². The average Bonchev–Trinajstić information content (AvgIpc) is 3.20. The summed E-state index contributed by atoms with van der Waals surface area (Å²) in [6.45, 7) is 2.33. The summed E-state index contributed by atoms with van der Waals surface area (Å²) in [7, 11) is 0. The molecule has 7 nitrogen and oxygen atoms in total. The van der Waals surface area contributed by atoms with E-state index in [0.29, 0.717) is 6.54 Å². The average molecular weight is 454 g/mol. The number of alkyl halides is 3. The van der Waals surface area contributed by atoms with Crippen LogP contribution in [0.25, 0.3) is 11.1 Å². The number of benzene rings is 2. The van der Waals surface area contributed by atoms with Crippen LogP contribution < -0.4 is 15.3 Å². The van der Waals surface area contributed by atoms with E-state index in [0.717, 1.165) is 34.5 Å². The summed E-state index contributed by atoms with van der Waals surface area (Å²) in [5, 5.41) is 8.59. The van der Waals surface area contributed by atoms with E-state index < -0.39 is 17.8 Å². The van der Waals surface area contributed by atoms with Crippen molar-refractivity contribution in [1.29, 1.82) is 0 Å². The number of hydrogen-bond acceptors (Lipinski definition) is 4. The Kier molecular flexibility index (Phi) is 6.07. The van der Waals surface area contributed by atoms with Gasteiger partial charge in [-0.3, -0.25) is 14.8 Å². The zero-order chi connectivity index (χ0) is 23.4. The summed E-state index contributed by atoms with van der Waals surface area (Å²) in [6, 6.07) is 15.4. The molecular formula is C23H19F3N5O2+. The van der Waals surface area contributed by atoms with Gasteiger partial charge in [0.05, 0.1) is 5.56 Å². The maximum atomic E-state index is 12.8. The molecule has 0 fully saturated rings. The minimum absolute atomic E-state index is 0.000743. The van der Waals surface area contributed by atoms with Crippen LogP contribution in [0.4, 0.5) is 29.5 Å². The molecular weight excluding hydrogens is 435 g/mol. The second kappa shape index (κ2) is 9.11. The molecule has 2 amide bonds. The molecule has 0 atom stereocenters. The number of amides is 2. The van der Waals surface area contributed by atoms with Crippen LogP contribution in [0.3, 0.4) is 0 Å². The largest absolute Gasteiger partial charge is 0.416 e. The van der Waals surface area contributed by atoms with Crippen LogP contribution in [0, 0.1) is 6.92 Å². The SMILES string of the molecule is Cc1cc(-c2ccc(C[n+]3cc(NC(=O)Nc4cccc(C(F)(F)F)c4)on3)cc2)ccn1. The van der Waals surface area contributed by atoms with Gasteiger partial charge in [0.2, 0.25) is 11.8 Å².